The first kappa shape index (κ1) is 23.1. The van der Waals surface area contributed by atoms with Crippen LogP contribution < -0.4 is 0 Å². The summed E-state index contributed by atoms with van der Waals surface area (Å²) in [6.07, 6.45) is -1.00. The van der Waals surface area contributed by atoms with Crippen molar-refractivity contribution in [2.75, 3.05) is 26.4 Å². The Kier molecular flexibility index (Phi) is 8.34. The van der Waals surface area contributed by atoms with Gasteiger partial charge in [-0.2, -0.15) is 10.5 Å². The van der Waals surface area contributed by atoms with E-state index in [1.165, 1.54) is 0 Å². The quantitative estimate of drug-likeness (QED) is 0.366. The molecule has 0 spiro atoms. The second-order valence-electron chi connectivity index (χ2n) is 6.56. The standard InChI is InChI=1S/C22H23N2O6P/c23-13-7-15-28-31(25,29-16-8-14-24)30-21(19-9-3-1-4-10-19)22(26-17-18-27-22)20-11-5-2-6-12-20/h1-6,9-12,21H,7-8,15-18H2. The van der Waals surface area contributed by atoms with Gasteiger partial charge in [-0.15, -0.1) is 0 Å². The van der Waals surface area contributed by atoms with Gasteiger partial charge in [0.05, 0.1) is 51.4 Å². The van der Waals surface area contributed by atoms with E-state index in [0.717, 1.165) is 0 Å². The van der Waals surface area contributed by atoms with Crippen molar-refractivity contribution in [3.05, 3.63) is 71.8 Å². The largest absolute Gasteiger partial charge is 0.475 e. The first-order chi connectivity index (χ1) is 15.1. The zero-order valence-corrected chi connectivity index (χ0v) is 17.8. The molecular weight excluding hydrogens is 419 g/mol. The van der Waals surface area contributed by atoms with Crippen LogP contribution in [0.2, 0.25) is 0 Å². The Morgan fingerprint density at radius 3 is 1.94 bits per heavy atom. The number of hydrogen-bond donors (Lipinski definition) is 0. The lowest BCUT2D eigenvalue weighted by atomic mass is 9.94. The molecule has 0 radical (unpaired) electrons. The highest BCUT2D eigenvalue weighted by molar-refractivity contribution is 7.48. The van der Waals surface area contributed by atoms with Gasteiger partial charge in [0.2, 0.25) is 5.79 Å². The molecule has 1 saturated heterocycles. The van der Waals surface area contributed by atoms with Crippen LogP contribution in [0.1, 0.15) is 30.1 Å². The number of ether oxygens (including phenoxy) is 2. The molecule has 0 bridgehead atoms. The maximum Gasteiger partial charge on any atom is 0.475 e. The van der Waals surface area contributed by atoms with Gasteiger partial charge in [0.25, 0.3) is 0 Å². The van der Waals surface area contributed by atoms with Gasteiger partial charge in [-0.05, 0) is 5.56 Å². The van der Waals surface area contributed by atoms with Gasteiger partial charge in [0, 0.05) is 5.56 Å². The number of nitrogens with zero attached hydrogens (tertiary/aromatic N) is 2. The van der Waals surface area contributed by atoms with Gasteiger partial charge < -0.3 is 9.47 Å². The molecule has 0 aromatic heterocycles. The maximum absolute atomic E-state index is 13.5. The van der Waals surface area contributed by atoms with Gasteiger partial charge in [-0.1, -0.05) is 60.7 Å². The zero-order chi connectivity index (χ0) is 22.0. The minimum atomic E-state index is -4.18. The summed E-state index contributed by atoms with van der Waals surface area (Å²) in [5.41, 5.74) is 1.32. The van der Waals surface area contributed by atoms with E-state index in [9.17, 15) is 4.57 Å². The molecule has 3 rings (SSSR count). The third-order valence-corrected chi connectivity index (χ3v) is 5.97. The molecule has 8 nitrogen and oxygen atoms in total. The van der Waals surface area contributed by atoms with Crippen LogP contribution in [0.4, 0.5) is 0 Å². The van der Waals surface area contributed by atoms with Gasteiger partial charge in [-0.3, -0.25) is 13.6 Å². The van der Waals surface area contributed by atoms with Crippen molar-refractivity contribution in [2.45, 2.75) is 24.7 Å². The van der Waals surface area contributed by atoms with Gasteiger partial charge in [-0.25, -0.2) is 4.57 Å². The Hall–Kier alpha value is -2.55. The summed E-state index contributed by atoms with van der Waals surface area (Å²) in [5, 5.41) is 17.6. The molecule has 1 atom stereocenters. The van der Waals surface area contributed by atoms with E-state index >= 15 is 0 Å². The summed E-state index contributed by atoms with van der Waals surface area (Å²) in [4.78, 5) is 0. The molecule has 0 N–H and O–H groups in total. The lowest BCUT2D eigenvalue weighted by Gasteiger charge is -2.37. The number of nitriles is 2. The summed E-state index contributed by atoms with van der Waals surface area (Å²) < 4.78 is 42.3. The number of phosphoric acid groups is 1. The SMILES string of the molecule is N#CCCOP(=O)(OCCC#N)OC(c1ccccc1)C1(c2ccccc2)OCCO1. The van der Waals surface area contributed by atoms with Gasteiger partial charge in [0.1, 0.15) is 0 Å². The fourth-order valence-electron chi connectivity index (χ4n) is 3.18. The molecule has 1 heterocycles. The van der Waals surface area contributed by atoms with E-state index < -0.39 is 19.7 Å². The zero-order valence-electron chi connectivity index (χ0n) is 16.9. The van der Waals surface area contributed by atoms with E-state index in [2.05, 4.69) is 0 Å². The predicted octanol–water partition coefficient (Wildman–Crippen LogP) is 4.61. The average Bonchev–Trinajstić information content (AvgIpc) is 3.30. The second kappa shape index (κ2) is 11.2. The molecule has 9 heteroatoms. The average molecular weight is 442 g/mol. The third kappa shape index (κ3) is 5.78. The normalized spacial score (nSPS) is 16.3. The van der Waals surface area contributed by atoms with Crippen molar-refractivity contribution in [1.82, 2.24) is 0 Å². The van der Waals surface area contributed by atoms with Crippen molar-refractivity contribution < 1.29 is 27.6 Å². The van der Waals surface area contributed by atoms with Crippen molar-refractivity contribution in [3.63, 3.8) is 0 Å². The number of benzene rings is 2. The van der Waals surface area contributed by atoms with Crippen molar-refractivity contribution in [1.29, 1.82) is 10.5 Å². The lowest BCUT2D eigenvalue weighted by molar-refractivity contribution is -0.229. The molecule has 1 aliphatic rings. The van der Waals surface area contributed by atoms with Gasteiger partial charge >= 0.3 is 7.82 Å². The molecule has 0 amide bonds. The summed E-state index contributed by atoms with van der Waals surface area (Å²) >= 11 is 0. The molecule has 2 aromatic carbocycles. The van der Waals surface area contributed by atoms with Crippen LogP contribution in [-0.2, 0) is 33.4 Å². The monoisotopic (exact) mass is 442 g/mol. The molecule has 0 aliphatic carbocycles. The Bertz CT molecular complexity index is 927. The van der Waals surface area contributed by atoms with E-state index in [-0.39, 0.29) is 26.1 Å². The molecule has 1 aliphatic heterocycles. The minimum Gasteiger partial charge on any atom is -0.341 e. The minimum absolute atomic E-state index is 0.00178. The molecule has 162 valence electrons. The van der Waals surface area contributed by atoms with Crippen LogP contribution in [0.15, 0.2) is 60.7 Å². The summed E-state index contributed by atoms with van der Waals surface area (Å²) in [6, 6.07) is 22.2. The fraction of sp³-hybridized carbons (Fsp3) is 0.364. The van der Waals surface area contributed by atoms with Crippen molar-refractivity contribution in [2.24, 2.45) is 0 Å². The Labute approximate surface area is 181 Å². The lowest BCUT2D eigenvalue weighted by Crippen LogP contribution is -2.36. The number of phosphoric ester groups is 1. The number of hydrogen-bond acceptors (Lipinski definition) is 8. The predicted molar refractivity (Wildman–Crippen MR) is 110 cm³/mol. The highest BCUT2D eigenvalue weighted by Gasteiger charge is 2.51. The Morgan fingerprint density at radius 2 is 1.42 bits per heavy atom. The third-order valence-electron chi connectivity index (χ3n) is 4.50. The molecule has 1 unspecified atom stereocenters. The fourth-order valence-corrected chi connectivity index (χ4v) is 4.52. The highest BCUT2D eigenvalue weighted by atomic mass is 31.2. The first-order valence-electron chi connectivity index (χ1n) is 9.83. The maximum atomic E-state index is 13.5. The van der Waals surface area contributed by atoms with Crippen LogP contribution in [0.3, 0.4) is 0 Å². The van der Waals surface area contributed by atoms with Crippen LogP contribution in [-0.4, -0.2) is 26.4 Å². The smallest absolute Gasteiger partial charge is 0.341 e. The molecular formula is C22H23N2O6P. The van der Waals surface area contributed by atoms with Crippen LogP contribution in [0.5, 0.6) is 0 Å². The molecule has 1 fully saturated rings. The van der Waals surface area contributed by atoms with Crippen molar-refractivity contribution in [3.8, 4) is 12.1 Å². The topological polar surface area (TPSA) is 111 Å². The van der Waals surface area contributed by atoms with Crippen LogP contribution in [0.25, 0.3) is 0 Å². The Balaban J connectivity index is 2.01. The summed E-state index contributed by atoms with van der Waals surface area (Å²) in [6.45, 7) is 0.330. The van der Waals surface area contributed by atoms with Gasteiger partial charge in [0.15, 0.2) is 6.10 Å². The van der Waals surface area contributed by atoms with E-state index in [1.807, 2.05) is 60.7 Å². The second-order valence-corrected chi connectivity index (χ2v) is 8.18. The summed E-state index contributed by atoms with van der Waals surface area (Å²) in [5.74, 6) is -1.38. The van der Waals surface area contributed by atoms with Crippen molar-refractivity contribution >= 4 is 7.82 Å². The van der Waals surface area contributed by atoms with Crippen LogP contribution >= 0.6 is 7.82 Å². The summed E-state index contributed by atoms with van der Waals surface area (Å²) in [7, 11) is -4.18. The number of rotatable bonds is 11. The molecule has 0 saturated carbocycles. The Morgan fingerprint density at radius 1 is 0.903 bits per heavy atom. The highest BCUT2D eigenvalue weighted by Crippen LogP contribution is 2.58. The molecule has 31 heavy (non-hydrogen) atoms. The molecule has 2 aromatic rings. The van der Waals surface area contributed by atoms with E-state index in [0.29, 0.717) is 24.3 Å². The van der Waals surface area contributed by atoms with E-state index in [4.69, 9.17) is 33.6 Å². The van der Waals surface area contributed by atoms with Crippen LogP contribution in [0, 0.1) is 22.7 Å². The first-order valence-corrected chi connectivity index (χ1v) is 11.3. The van der Waals surface area contributed by atoms with E-state index in [1.54, 1.807) is 12.1 Å².